The molecule has 32 heavy (non-hydrogen) atoms. The van der Waals surface area contributed by atoms with Gasteiger partial charge in [-0.05, 0) is 29.8 Å². The van der Waals surface area contributed by atoms with Crippen LogP contribution in [0.2, 0.25) is 0 Å². The summed E-state index contributed by atoms with van der Waals surface area (Å²) in [6.45, 7) is -0.263. The fourth-order valence-corrected chi connectivity index (χ4v) is 3.41. The number of carbonyl (C=O) groups excluding carboxylic acids is 1. The largest absolute Gasteiger partial charge is 0.444 e. The number of nitrogens with one attached hydrogen (secondary N) is 1. The average Bonchev–Trinajstić information content (AvgIpc) is 3.16. The van der Waals surface area contributed by atoms with Crippen molar-refractivity contribution in [1.29, 1.82) is 0 Å². The summed E-state index contributed by atoms with van der Waals surface area (Å²) in [4.78, 5) is 22.5. The van der Waals surface area contributed by atoms with E-state index in [1.54, 1.807) is 24.3 Å². The highest BCUT2D eigenvalue weighted by Crippen LogP contribution is 2.43. The Morgan fingerprint density at radius 2 is 1.94 bits per heavy atom. The zero-order valence-electron chi connectivity index (χ0n) is 17.2. The third-order valence-corrected chi connectivity index (χ3v) is 4.92. The number of aromatic nitrogens is 1. The van der Waals surface area contributed by atoms with Crippen molar-refractivity contribution in [2.45, 2.75) is 19.2 Å². The van der Waals surface area contributed by atoms with Gasteiger partial charge in [0.15, 0.2) is 0 Å². The Balaban J connectivity index is 1.81. The molecule has 0 saturated carbocycles. The van der Waals surface area contributed by atoms with Crippen LogP contribution in [0.4, 0.5) is 30.2 Å². The van der Waals surface area contributed by atoms with Crippen molar-refractivity contribution in [1.82, 2.24) is 4.98 Å². The van der Waals surface area contributed by atoms with Gasteiger partial charge in [0.1, 0.15) is 12.0 Å². The van der Waals surface area contributed by atoms with Crippen LogP contribution in [0.5, 0.6) is 0 Å². The fourth-order valence-electron chi connectivity index (χ4n) is 3.41. The predicted molar refractivity (Wildman–Crippen MR) is 113 cm³/mol. The number of rotatable bonds is 4. The van der Waals surface area contributed by atoms with Crippen molar-refractivity contribution in [3.8, 4) is 11.5 Å². The van der Waals surface area contributed by atoms with Crippen LogP contribution in [0.1, 0.15) is 23.2 Å². The number of amides is 1. The molecule has 0 saturated heterocycles. The minimum Gasteiger partial charge on any atom is -0.444 e. The van der Waals surface area contributed by atoms with Gasteiger partial charge in [-0.25, -0.2) is 4.98 Å². The van der Waals surface area contributed by atoms with E-state index in [1.165, 1.54) is 31.3 Å². The van der Waals surface area contributed by atoms with Crippen LogP contribution >= 0.6 is 0 Å². The number of oxazole rings is 1. The summed E-state index contributed by atoms with van der Waals surface area (Å²) in [5.74, 6) is -0.183. The van der Waals surface area contributed by atoms with E-state index in [-0.39, 0.29) is 30.1 Å². The van der Waals surface area contributed by atoms with E-state index in [4.69, 9.17) is 4.42 Å². The van der Waals surface area contributed by atoms with Crippen molar-refractivity contribution in [2.75, 3.05) is 24.3 Å². The normalized spacial score (nSPS) is 13.8. The van der Waals surface area contributed by atoms with Crippen molar-refractivity contribution >= 4 is 28.7 Å². The van der Waals surface area contributed by atoms with Crippen molar-refractivity contribution < 1.29 is 27.5 Å². The molecule has 2 aromatic carbocycles. The van der Waals surface area contributed by atoms with Crippen LogP contribution in [0, 0.1) is 0 Å². The Hall–Kier alpha value is -3.66. The Labute approximate surface area is 181 Å². The predicted octanol–water partition coefficient (Wildman–Crippen LogP) is 4.38. The summed E-state index contributed by atoms with van der Waals surface area (Å²) in [5, 5.41) is 11.7. The Bertz CT molecular complexity index is 1220. The molecule has 1 aromatic heterocycles. The third kappa shape index (κ3) is 4.22. The number of alkyl halides is 3. The van der Waals surface area contributed by atoms with Crippen LogP contribution in [-0.4, -0.2) is 35.8 Å². The van der Waals surface area contributed by atoms with Crippen LogP contribution < -0.4 is 10.2 Å². The molecule has 0 atom stereocenters. The first-order valence-corrected chi connectivity index (χ1v) is 9.61. The summed E-state index contributed by atoms with van der Waals surface area (Å²) in [5.41, 5.74) is 1.29. The maximum absolute atomic E-state index is 13.5. The number of anilines is 2. The number of aliphatic imine (C=N–C) groups is 1. The van der Waals surface area contributed by atoms with E-state index >= 15 is 0 Å². The number of hydrogen-bond acceptors (Lipinski definition) is 6. The molecular weight excluding hydrogens is 425 g/mol. The molecule has 7 nitrogen and oxygen atoms in total. The number of aliphatic hydroxyl groups excluding tert-OH is 1. The number of benzene rings is 2. The van der Waals surface area contributed by atoms with E-state index in [9.17, 15) is 23.1 Å². The molecule has 0 unspecified atom stereocenters. The zero-order chi connectivity index (χ0) is 23.0. The molecule has 1 amide bonds. The highest BCUT2D eigenvalue weighted by atomic mass is 19.4. The van der Waals surface area contributed by atoms with E-state index in [2.05, 4.69) is 15.3 Å². The van der Waals surface area contributed by atoms with Crippen LogP contribution in [-0.2, 0) is 17.6 Å². The quantitative estimate of drug-likeness (QED) is 0.623. The lowest BCUT2D eigenvalue weighted by Gasteiger charge is -2.21. The van der Waals surface area contributed by atoms with Crippen molar-refractivity contribution in [3.63, 3.8) is 0 Å². The van der Waals surface area contributed by atoms with Gasteiger partial charge in [-0.2, -0.15) is 13.2 Å². The van der Waals surface area contributed by atoms with E-state index < -0.39 is 17.6 Å². The SMILES string of the molecule is CN(C)c1cc2c(cc1C(F)(F)F)NC(=O)CC(c1cccc(-c3nc(CO)co3)c1)=N2. The topological polar surface area (TPSA) is 91.0 Å². The molecule has 3 aromatic rings. The van der Waals surface area contributed by atoms with Gasteiger partial charge in [-0.1, -0.05) is 12.1 Å². The minimum absolute atomic E-state index is 0.000585. The molecule has 166 valence electrons. The monoisotopic (exact) mass is 444 g/mol. The maximum atomic E-state index is 13.5. The summed E-state index contributed by atoms with van der Waals surface area (Å²) in [6.07, 6.45) is -3.36. The van der Waals surface area contributed by atoms with Gasteiger partial charge in [0, 0.05) is 19.7 Å². The van der Waals surface area contributed by atoms with Gasteiger partial charge < -0.3 is 19.7 Å². The molecule has 0 radical (unpaired) electrons. The van der Waals surface area contributed by atoms with Gasteiger partial charge in [0.25, 0.3) is 0 Å². The second-order valence-corrected chi connectivity index (χ2v) is 7.45. The fraction of sp³-hybridized carbons (Fsp3) is 0.227. The lowest BCUT2D eigenvalue weighted by Crippen LogP contribution is -2.18. The molecule has 0 bridgehead atoms. The van der Waals surface area contributed by atoms with Crippen molar-refractivity contribution in [2.24, 2.45) is 4.99 Å². The molecule has 0 aliphatic carbocycles. The molecule has 0 spiro atoms. The van der Waals surface area contributed by atoms with Crippen molar-refractivity contribution in [3.05, 3.63) is 59.5 Å². The standard InChI is InChI=1S/C22H19F3N4O3/c1-29(2)19-8-18-17(7-15(19)22(23,24)25)28-20(31)9-16(27-18)12-4-3-5-13(6-12)21-26-14(10-30)11-32-21/h3-8,11,30H,9-10H2,1-2H3,(H,28,31). The van der Waals surface area contributed by atoms with Crippen LogP contribution in [0.3, 0.4) is 0 Å². The first-order valence-electron chi connectivity index (χ1n) is 9.61. The second-order valence-electron chi connectivity index (χ2n) is 7.45. The van der Waals surface area contributed by atoms with Gasteiger partial charge in [0.2, 0.25) is 11.8 Å². The van der Waals surface area contributed by atoms with E-state index in [1.807, 2.05) is 0 Å². The van der Waals surface area contributed by atoms with Crippen LogP contribution in [0.25, 0.3) is 11.5 Å². The first-order chi connectivity index (χ1) is 15.2. The number of halogens is 3. The van der Waals surface area contributed by atoms with Gasteiger partial charge in [-0.15, -0.1) is 0 Å². The molecule has 1 aliphatic heterocycles. The molecule has 2 N–H and O–H groups in total. The summed E-state index contributed by atoms with van der Waals surface area (Å²) >= 11 is 0. The van der Waals surface area contributed by atoms with Gasteiger partial charge in [0.05, 0.1) is 41.4 Å². The maximum Gasteiger partial charge on any atom is 0.418 e. The van der Waals surface area contributed by atoms with Crippen LogP contribution in [0.15, 0.2) is 52.1 Å². The summed E-state index contributed by atoms with van der Waals surface area (Å²) < 4.78 is 46.0. The number of carbonyl (C=O) groups is 1. The lowest BCUT2D eigenvalue weighted by molar-refractivity contribution is -0.137. The minimum atomic E-state index is -4.59. The average molecular weight is 444 g/mol. The molecular formula is C22H19F3N4O3. The first kappa shape index (κ1) is 21.6. The molecule has 0 fully saturated rings. The van der Waals surface area contributed by atoms with E-state index in [0.717, 1.165) is 6.07 Å². The lowest BCUT2D eigenvalue weighted by atomic mass is 10.0. The molecule has 4 rings (SSSR count). The Morgan fingerprint density at radius 1 is 1.19 bits per heavy atom. The molecule has 2 heterocycles. The Morgan fingerprint density at radius 3 is 2.59 bits per heavy atom. The van der Waals surface area contributed by atoms with Gasteiger partial charge in [-0.3, -0.25) is 9.79 Å². The molecule has 10 heteroatoms. The zero-order valence-corrected chi connectivity index (χ0v) is 17.2. The Kier molecular flexibility index (Phi) is 5.47. The smallest absolute Gasteiger partial charge is 0.418 e. The highest BCUT2D eigenvalue weighted by Gasteiger charge is 2.36. The second kappa shape index (κ2) is 8.12. The summed E-state index contributed by atoms with van der Waals surface area (Å²) in [6, 6.07) is 9.18. The number of nitrogens with zero attached hydrogens (tertiary/aromatic N) is 3. The van der Waals surface area contributed by atoms with Gasteiger partial charge >= 0.3 is 6.18 Å². The number of aliphatic hydroxyl groups is 1. The number of fused-ring (bicyclic) bond motifs is 1. The molecule has 1 aliphatic rings. The summed E-state index contributed by atoms with van der Waals surface area (Å²) in [7, 11) is 3.02. The third-order valence-electron chi connectivity index (χ3n) is 4.92. The highest BCUT2D eigenvalue weighted by molar-refractivity contribution is 6.17. The number of hydrogen-bond donors (Lipinski definition) is 2. The van der Waals surface area contributed by atoms with E-state index in [0.29, 0.717) is 28.4 Å².